The Kier molecular flexibility index (Phi) is 4.36. The van der Waals surface area contributed by atoms with Crippen molar-refractivity contribution in [3.05, 3.63) is 11.9 Å². The summed E-state index contributed by atoms with van der Waals surface area (Å²) < 4.78 is 11.3. The minimum absolute atomic E-state index is 0.178. The van der Waals surface area contributed by atoms with Crippen LogP contribution in [0.2, 0.25) is 0 Å². The van der Waals surface area contributed by atoms with Crippen LogP contribution in [0.25, 0.3) is 0 Å². The van der Waals surface area contributed by atoms with Crippen molar-refractivity contribution < 1.29 is 9.47 Å². The standard InChI is InChI=1S/C13H21N3O2/c1-9(2)13-15-11(14)7-12(16-13)18-8-10-5-3-4-6-17-10/h7,9-10H,3-6,8H2,1-2H3,(H2,14,15,16). The van der Waals surface area contributed by atoms with Gasteiger partial charge in [-0.1, -0.05) is 13.8 Å². The molecule has 2 rings (SSSR count). The van der Waals surface area contributed by atoms with Crippen molar-refractivity contribution in [1.82, 2.24) is 9.97 Å². The number of nitrogens with two attached hydrogens (primary N) is 1. The number of nitrogen functional groups attached to an aromatic ring is 1. The van der Waals surface area contributed by atoms with Crippen LogP contribution in [0, 0.1) is 0 Å². The number of hydrogen-bond donors (Lipinski definition) is 1. The van der Waals surface area contributed by atoms with Gasteiger partial charge < -0.3 is 15.2 Å². The number of aromatic nitrogens is 2. The van der Waals surface area contributed by atoms with Gasteiger partial charge in [0.1, 0.15) is 18.2 Å². The van der Waals surface area contributed by atoms with Gasteiger partial charge in [0.05, 0.1) is 6.10 Å². The van der Waals surface area contributed by atoms with Gasteiger partial charge in [0, 0.05) is 18.6 Å². The maximum atomic E-state index is 5.74. The molecule has 0 amide bonds. The van der Waals surface area contributed by atoms with Crippen molar-refractivity contribution in [2.75, 3.05) is 18.9 Å². The zero-order chi connectivity index (χ0) is 13.0. The maximum Gasteiger partial charge on any atom is 0.218 e. The van der Waals surface area contributed by atoms with Crippen molar-refractivity contribution in [2.45, 2.75) is 45.1 Å². The Morgan fingerprint density at radius 3 is 2.94 bits per heavy atom. The molecule has 2 N–H and O–H groups in total. The number of ether oxygens (including phenoxy) is 2. The quantitative estimate of drug-likeness (QED) is 0.887. The molecule has 1 aliphatic heterocycles. The maximum absolute atomic E-state index is 5.74. The van der Waals surface area contributed by atoms with Crippen LogP contribution < -0.4 is 10.5 Å². The Hall–Kier alpha value is -1.36. The number of anilines is 1. The van der Waals surface area contributed by atoms with Crippen LogP contribution >= 0.6 is 0 Å². The Morgan fingerprint density at radius 1 is 1.44 bits per heavy atom. The first-order chi connectivity index (χ1) is 8.65. The van der Waals surface area contributed by atoms with Crippen LogP contribution in [0.5, 0.6) is 5.88 Å². The summed E-state index contributed by atoms with van der Waals surface area (Å²) in [6, 6.07) is 1.66. The Bertz CT molecular complexity index is 390. The Morgan fingerprint density at radius 2 is 2.28 bits per heavy atom. The molecule has 0 radical (unpaired) electrons. The van der Waals surface area contributed by atoms with E-state index in [1.54, 1.807) is 6.07 Å². The first-order valence-corrected chi connectivity index (χ1v) is 6.54. The largest absolute Gasteiger partial charge is 0.475 e. The zero-order valence-electron chi connectivity index (χ0n) is 11.1. The van der Waals surface area contributed by atoms with Crippen LogP contribution in [0.15, 0.2) is 6.07 Å². The normalized spacial score (nSPS) is 20.1. The topological polar surface area (TPSA) is 70.3 Å². The summed E-state index contributed by atoms with van der Waals surface area (Å²) in [5.41, 5.74) is 5.74. The second-order valence-electron chi connectivity index (χ2n) is 4.94. The predicted octanol–water partition coefficient (Wildman–Crippen LogP) is 2.13. The van der Waals surface area contributed by atoms with E-state index >= 15 is 0 Å². The monoisotopic (exact) mass is 251 g/mol. The second kappa shape index (κ2) is 6.00. The third-order valence-corrected chi connectivity index (χ3v) is 2.95. The first-order valence-electron chi connectivity index (χ1n) is 6.54. The molecule has 1 aliphatic rings. The SMILES string of the molecule is CC(C)c1nc(N)cc(OCC2CCCCO2)n1. The lowest BCUT2D eigenvalue weighted by Crippen LogP contribution is -2.26. The zero-order valence-corrected chi connectivity index (χ0v) is 11.1. The van der Waals surface area contributed by atoms with Crippen molar-refractivity contribution in [3.8, 4) is 5.88 Å². The molecule has 0 spiro atoms. The minimum atomic E-state index is 0.178. The van der Waals surface area contributed by atoms with E-state index in [0.29, 0.717) is 18.3 Å². The summed E-state index contributed by atoms with van der Waals surface area (Å²) in [6.45, 7) is 5.43. The van der Waals surface area contributed by atoms with E-state index in [9.17, 15) is 0 Å². The molecule has 1 fully saturated rings. The van der Waals surface area contributed by atoms with E-state index in [0.717, 1.165) is 25.3 Å². The van der Waals surface area contributed by atoms with Gasteiger partial charge in [0.25, 0.3) is 0 Å². The van der Waals surface area contributed by atoms with E-state index < -0.39 is 0 Å². The molecule has 5 nitrogen and oxygen atoms in total. The smallest absolute Gasteiger partial charge is 0.218 e. The summed E-state index contributed by atoms with van der Waals surface area (Å²) in [4.78, 5) is 8.53. The van der Waals surface area contributed by atoms with Crippen LogP contribution in [-0.2, 0) is 4.74 Å². The highest BCUT2D eigenvalue weighted by atomic mass is 16.5. The molecular formula is C13H21N3O2. The summed E-state index contributed by atoms with van der Waals surface area (Å²) in [6.07, 6.45) is 3.58. The number of rotatable bonds is 4. The molecule has 1 atom stereocenters. The van der Waals surface area contributed by atoms with Gasteiger partial charge in [-0.3, -0.25) is 0 Å². The lowest BCUT2D eigenvalue weighted by atomic mass is 10.1. The summed E-state index contributed by atoms with van der Waals surface area (Å²) in [7, 11) is 0. The fourth-order valence-electron chi connectivity index (χ4n) is 1.91. The summed E-state index contributed by atoms with van der Waals surface area (Å²) in [5, 5.41) is 0. The van der Waals surface area contributed by atoms with Gasteiger partial charge >= 0.3 is 0 Å². The molecule has 1 aromatic heterocycles. The average molecular weight is 251 g/mol. The van der Waals surface area contributed by atoms with Gasteiger partial charge in [-0.05, 0) is 19.3 Å². The van der Waals surface area contributed by atoms with Crippen molar-refractivity contribution in [2.24, 2.45) is 0 Å². The third kappa shape index (κ3) is 3.57. The van der Waals surface area contributed by atoms with E-state index in [1.807, 2.05) is 13.8 Å². The predicted molar refractivity (Wildman–Crippen MR) is 69.6 cm³/mol. The van der Waals surface area contributed by atoms with Gasteiger partial charge in [0.2, 0.25) is 5.88 Å². The van der Waals surface area contributed by atoms with Crippen molar-refractivity contribution >= 4 is 5.82 Å². The molecule has 2 heterocycles. The van der Waals surface area contributed by atoms with E-state index in [2.05, 4.69) is 9.97 Å². The van der Waals surface area contributed by atoms with Crippen LogP contribution in [0.4, 0.5) is 5.82 Å². The van der Waals surface area contributed by atoms with E-state index in [-0.39, 0.29) is 12.0 Å². The molecular weight excluding hydrogens is 230 g/mol. The van der Waals surface area contributed by atoms with Crippen LogP contribution in [0.1, 0.15) is 44.9 Å². The number of hydrogen-bond acceptors (Lipinski definition) is 5. The highest BCUT2D eigenvalue weighted by Gasteiger charge is 2.15. The van der Waals surface area contributed by atoms with Crippen molar-refractivity contribution in [1.29, 1.82) is 0 Å². The lowest BCUT2D eigenvalue weighted by Gasteiger charge is -2.22. The van der Waals surface area contributed by atoms with E-state index in [1.165, 1.54) is 6.42 Å². The molecule has 1 unspecified atom stereocenters. The van der Waals surface area contributed by atoms with Gasteiger partial charge in [-0.25, -0.2) is 4.98 Å². The Balaban J connectivity index is 1.95. The number of nitrogens with zero attached hydrogens (tertiary/aromatic N) is 2. The van der Waals surface area contributed by atoms with E-state index in [4.69, 9.17) is 15.2 Å². The molecule has 1 saturated heterocycles. The second-order valence-corrected chi connectivity index (χ2v) is 4.94. The average Bonchev–Trinajstić information content (AvgIpc) is 2.37. The fraction of sp³-hybridized carbons (Fsp3) is 0.692. The summed E-state index contributed by atoms with van der Waals surface area (Å²) >= 11 is 0. The first kappa shape index (κ1) is 13.1. The minimum Gasteiger partial charge on any atom is -0.475 e. The molecule has 0 saturated carbocycles. The molecule has 0 bridgehead atoms. The fourth-order valence-corrected chi connectivity index (χ4v) is 1.91. The van der Waals surface area contributed by atoms with Gasteiger partial charge in [-0.15, -0.1) is 0 Å². The molecule has 1 aromatic rings. The van der Waals surface area contributed by atoms with Gasteiger partial charge in [0.15, 0.2) is 0 Å². The highest BCUT2D eigenvalue weighted by Crippen LogP contribution is 2.18. The van der Waals surface area contributed by atoms with Gasteiger partial charge in [-0.2, -0.15) is 4.98 Å². The van der Waals surface area contributed by atoms with Crippen LogP contribution in [-0.4, -0.2) is 29.3 Å². The van der Waals surface area contributed by atoms with Crippen molar-refractivity contribution in [3.63, 3.8) is 0 Å². The van der Waals surface area contributed by atoms with Crippen LogP contribution in [0.3, 0.4) is 0 Å². The lowest BCUT2D eigenvalue weighted by molar-refractivity contribution is -0.0120. The highest BCUT2D eigenvalue weighted by molar-refractivity contribution is 5.33. The molecule has 18 heavy (non-hydrogen) atoms. The molecule has 100 valence electrons. The molecule has 0 aromatic carbocycles. The third-order valence-electron chi connectivity index (χ3n) is 2.95. The Labute approximate surface area is 108 Å². The summed E-state index contributed by atoms with van der Waals surface area (Å²) in [5.74, 6) is 1.95. The molecule has 0 aliphatic carbocycles. The molecule has 5 heteroatoms.